The molecule has 0 bridgehead atoms. The fraction of sp³-hybridized carbons (Fsp3) is 0.400. The van der Waals surface area contributed by atoms with Crippen LogP contribution in [0.4, 0.5) is 0 Å². The summed E-state index contributed by atoms with van der Waals surface area (Å²) in [5.74, 6) is 0.928. The summed E-state index contributed by atoms with van der Waals surface area (Å²) in [6, 6.07) is 8.37. The van der Waals surface area contributed by atoms with Crippen molar-refractivity contribution in [3.8, 4) is 0 Å². The molecular weight excluding hydrogens is 240 g/mol. The highest BCUT2D eigenvalue weighted by Gasteiger charge is 2.15. The molecule has 1 heterocycles. The van der Waals surface area contributed by atoms with Gasteiger partial charge < -0.3 is 5.73 Å². The Hall–Kier alpha value is -1.06. The Labute approximate surface area is 113 Å². The first-order valence-corrected chi connectivity index (χ1v) is 7.18. The van der Waals surface area contributed by atoms with Crippen LogP contribution in [0.2, 0.25) is 0 Å². The first-order chi connectivity index (χ1) is 8.47. The first kappa shape index (κ1) is 13.4. The number of hydrogen-bond donors (Lipinski definition) is 1. The van der Waals surface area contributed by atoms with E-state index < -0.39 is 0 Å². The minimum atomic E-state index is 0.0575. The molecule has 18 heavy (non-hydrogen) atoms. The Morgan fingerprint density at radius 3 is 2.78 bits per heavy atom. The molecule has 1 unspecified atom stereocenters. The van der Waals surface area contributed by atoms with Crippen molar-refractivity contribution in [2.24, 2.45) is 5.73 Å². The molecule has 0 aliphatic carbocycles. The maximum atomic E-state index is 6.32. The van der Waals surface area contributed by atoms with E-state index in [2.05, 4.69) is 44.0 Å². The van der Waals surface area contributed by atoms with E-state index in [0.717, 1.165) is 5.75 Å². The number of nitrogens with zero attached hydrogens (tertiary/aromatic N) is 1. The highest BCUT2D eigenvalue weighted by Crippen LogP contribution is 2.29. The lowest BCUT2D eigenvalue weighted by Crippen LogP contribution is -2.18. The van der Waals surface area contributed by atoms with Gasteiger partial charge in [0.25, 0.3) is 0 Å². The summed E-state index contributed by atoms with van der Waals surface area (Å²) in [5.41, 5.74) is 7.51. The largest absolute Gasteiger partial charge is 0.323 e. The SMILES string of the molecule is CC(C)(C)SCC(N)c1cccc2ccncc12. The Morgan fingerprint density at radius 1 is 1.28 bits per heavy atom. The zero-order chi connectivity index (χ0) is 13.2. The number of benzene rings is 1. The molecule has 0 spiro atoms. The number of pyridine rings is 1. The molecule has 2 nitrogen and oxygen atoms in total. The number of fused-ring (bicyclic) bond motifs is 1. The van der Waals surface area contributed by atoms with Crippen LogP contribution >= 0.6 is 11.8 Å². The van der Waals surface area contributed by atoms with E-state index >= 15 is 0 Å². The Bertz CT molecular complexity index is 526. The van der Waals surface area contributed by atoms with Crippen molar-refractivity contribution in [1.82, 2.24) is 4.98 Å². The van der Waals surface area contributed by atoms with E-state index in [1.54, 1.807) is 0 Å². The Balaban J connectivity index is 2.25. The van der Waals surface area contributed by atoms with Gasteiger partial charge in [-0.15, -0.1) is 0 Å². The predicted molar refractivity (Wildman–Crippen MR) is 80.9 cm³/mol. The van der Waals surface area contributed by atoms with Gasteiger partial charge >= 0.3 is 0 Å². The summed E-state index contributed by atoms with van der Waals surface area (Å²) in [4.78, 5) is 4.20. The van der Waals surface area contributed by atoms with Gasteiger partial charge in [0.1, 0.15) is 0 Å². The van der Waals surface area contributed by atoms with Crippen LogP contribution < -0.4 is 5.73 Å². The monoisotopic (exact) mass is 260 g/mol. The van der Waals surface area contributed by atoms with Gasteiger partial charge in [0.05, 0.1) is 0 Å². The molecule has 0 saturated carbocycles. The van der Waals surface area contributed by atoms with Gasteiger partial charge in [-0.05, 0) is 17.0 Å². The molecule has 2 N–H and O–H groups in total. The summed E-state index contributed by atoms with van der Waals surface area (Å²) in [6.07, 6.45) is 3.73. The van der Waals surface area contributed by atoms with Crippen molar-refractivity contribution in [2.45, 2.75) is 31.6 Å². The minimum absolute atomic E-state index is 0.0575. The molecule has 0 amide bonds. The van der Waals surface area contributed by atoms with E-state index in [0.29, 0.717) is 0 Å². The molecule has 0 radical (unpaired) electrons. The number of nitrogens with two attached hydrogens (primary N) is 1. The molecule has 1 aromatic heterocycles. The third-order valence-electron chi connectivity index (χ3n) is 2.81. The first-order valence-electron chi connectivity index (χ1n) is 6.19. The average molecular weight is 260 g/mol. The Kier molecular flexibility index (Phi) is 3.93. The summed E-state index contributed by atoms with van der Waals surface area (Å²) in [5, 5.41) is 2.38. The second-order valence-electron chi connectivity index (χ2n) is 5.47. The van der Waals surface area contributed by atoms with Crippen LogP contribution in [0.1, 0.15) is 32.4 Å². The van der Waals surface area contributed by atoms with Crippen LogP contribution in [0.25, 0.3) is 10.8 Å². The van der Waals surface area contributed by atoms with Crippen LogP contribution in [-0.2, 0) is 0 Å². The molecule has 96 valence electrons. The lowest BCUT2D eigenvalue weighted by atomic mass is 10.0. The van der Waals surface area contributed by atoms with E-state index in [9.17, 15) is 0 Å². The van der Waals surface area contributed by atoms with Gasteiger partial charge in [0, 0.05) is 34.3 Å². The van der Waals surface area contributed by atoms with E-state index in [-0.39, 0.29) is 10.8 Å². The second kappa shape index (κ2) is 5.29. The van der Waals surface area contributed by atoms with Gasteiger partial charge in [0.2, 0.25) is 0 Å². The summed E-state index contributed by atoms with van der Waals surface area (Å²) >= 11 is 1.90. The number of aromatic nitrogens is 1. The fourth-order valence-electron chi connectivity index (χ4n) is 1.89. The van der Waals surface area contributed by atoms with Crippen molar-refractivity contribution in [3.63, 3.8) is 0 Å². The van der Waals surface area contributed by atoms with Gasteiger partial charge in [-0.2, -0.15) is 11.8 Å². The predicted octanol–water partition coefficient (Wildman–Crippen LogP) is 3.77. The average Bonchev–Trinajstić information content (AvgIpc) is 2.34. The third-order valence-corrected chi connectivity index (χ3v) is 4.20. The lowest BCUT2D eigenvalue weighted by molar-refractivity contribution is 0.781. The van der Waals surface area contributed by atoms with Gasteiger partial charge in [-0.1, -0.05) is 39.0 Å². The van der Waals surface area contributed by atoms with Gasteiger partial charge in [0.15, 0.2) is 0 Å². The van der Waals surface area contributed by atoms with Crippen molar-refractivity contribution in [2.75, 3.05) is 5.75 Å². The van der Waals surface area contributed by atoms with Crippen molar-refractivity contribution >= 4 is 22.5 Å². The molecule has 1 atom stereocenters. The Morgan fingerprint density at radius 2 is 2.06 bits per heavy atom. The quantitative estimate of drug-likeness (QED) is 0.913. The van der Waals surface area contributed by atoms with Crippen molar-refractivity contribution in [3.05, 3.63) is 42.2 Å². The molecule has 2 rings (SSSR count). The standard InChI is InChI=1S/C15H20N2S/c1-15(2,3)18-10-14(16)12-6-4-5-11-7-8-17-9-13(11)12/h4-9,14H,10,16H2,1-3H3. The summed E-state index contributed by atoms with van der Waals surface area (Å²) in [6.45, 7) is 6.65. The zero-order valence-electron chi connectivity index (χ0n) is 11.2. The number of thioether (sulfide) groups is 1. The molecule has 1 aromatic carbocycles. The summed E-state index contributed by atoms with van der Waals surface area (Å²) < 4.78 is 0.250. The second-order valence-corrected chi connectivity index (χ2v) is 7.32. The van der Waals surface area contributed by atoms with Crippen molar-refractivity contribution in [1.29, 1.82) is 0 Å². The number of hydrogen-bond acceptors (Lipinski definition) is 3. The molecule has 2 aromatic rings. The molecular formula is C15H20N2S. The highest BCUT2D eigenvalue weighted by atomic mass is 32.2. The molecule has 0 saturated heterocycles. The fourth-order valence-corrected chi connectivity index (χ4v) is 2.75. The third kappa shape index (κ3) is 3.24. The molecule has 0 aliphatic rings. The molecule has 3 heteroatoms. The smallest absolute Gasteiger partial charge is 0.0393 e. The van der Waals surface area contributed by atoms with Crippen LogP contribution in [0.3, 0.4) is 0 Å². The zero-order valence-corrected chi connectivity index (χ0v) is 12.0. The van der Waals surface area contributed by atoms with E-state index in [4.69, 9.17) is 5.73 Å². The number of rotatable bonds is 3. The molecule has 0 fully saturated rings. The maximum Gasteiger partial charge on any atom is 0.0393 e. The van der Waals surface area contributed by atoms with Crippen LogP contribution in [0.5, 0.6) is 0 Å². The van der Waals surface area contributed by atoms with E-state index in [1.165, 1.54) is 16.3 Å². The topological polar surface area (TPSA) is 38.9 Å². The van der Waals surface area contributed by atoms with Crippen LogP contribution in [0.15, 0.2) is 36.7 Å². The normalized spacial score (nSPS) is 13.8. The van der Waals surface area contributed by atoms with Crippen LogP contribution in [-0.4, -0.2) is 15.5 Å². The van der Waals surface area contributed by atoms with Gasteiger partial charge in [-0.3, -0.25) is 4.98 Å². The molecule has 0 aliphatic heterocycles. The summed E-state index contributed by atoms with van der Waals surface area (Å²) in [7, 11) is 0. The van der Waals surface area contributed by atoms with E-state index in [1.807, 2.05) is 30.2 Å². The highest BCUT2D eigenvalue weighted by molar-refractivity contribution is 8.00. The van der Waals surface area contributed by atoms with Crippen LogP contribution in [0, 0.1) is 0 Å². The van der Waals surface area contributed by atoms with Gasteiger partial charge in [-0.25, -0.2) is 0 Å². The maximum absolute atomic E-state index is 6.32. The van der Waals surface area contributed by atoms with Crippen molar-refractivity contribution < 1.29 is 0 Å². The minimum Gasteiger partial charge on any atom is -0.323 e. The lowest BCUT2D eigenvalue weighted by Gasteiger charge is -2.21.